The van der Waals surface area contributed by atoms with Gasteiger partial charge in [0, 0.05) is 6.42 Å². The van der Waals surface area contributed by atoms with Gasteiger partial charge < -0.3 is 19.3 Å². The van der Waals surface area contributed by atoms with Crippen LogP contribution in [0.15, 0.2) is 35.6 Å². The summed E-state index contributed by atoms with van der Waals surface area (Å²) in [7, 11) is 0. The number of esters is 1. The van der Waals surface area contributed by atoms with Crippen LogP contribution in [0.25, 0.3) is 0 Å². The third-order valence-electron chi connectivity index (χ3n) is 4.52. The summed E-state index contributed by atoms with van der Waals surface area (Å²) in [6.45, 7) is 3.23. The van der Waals surface area contributed by atoms with Gasteiger partial charge in [-0.2, -0.15) is 0 Å². The van der Waals surface area contributed by atoms with E-state index >= 15 is 0 Å². The Morgan fingerprint density at radius 2 is 1.50 bits per heavy atom. The summed E-state index contributed by atoms with van der Waals surface area (Å²) < 4.78 is 16.0. The molecule has 1 saturated heterocycles. The van der Waals surface area contributed by atoms with Crippen LogP contribution in [0.1, 0.15) is 58.3 Å². The summed E-state index contributed by atoms with van der Waals surface area (Å²) in [4.78, 5) is 22.8. The topological polar surface area (TPSA) is 82.1 Å². The van der Waals surface area contributed by atoms with Crippen LogP contribution < -0.4 is 9.47 Å². The summed E-state index contributed by atoms with van der Waals surface area (Å²) in [5, 5.41) is 9.87. The van der Waals surface area contributed by atoms with Gasteiger partial charge in [-0.05, 0) is 49.9 Å². The fourth-order valence-electron chi connectivity index (χ4n) is 2.91. The fraction of sp³-hybridized carbons (Fsp3) is 0.545. The number of Topliss-reactive ketones (excluding diaryl/α,β-unsaturated/α-hetero) is 1. The van der Waals surface area contributed by atoms with Crippen LogP contribution in [0.3, 0.4) is 0 Å². The predicted molar refractivity (Wildman–Crippen MR) is 106 cm³/mol. The molecular weight excluding hydrogens is 360 g/mol. The largest absolute Gasteiger partial charge is 0.511 e. The number of aliphatic hydroxyl groups is 1. The molecule has 1 aliphatic rings. The number of unbranched alkanes of at least 4 members (excludes halogenated alkanes) is 5. The second-order valence-corrected chi connectivity index (χ2v) is 6.86. The van der Waals surface area contributed by atoms with E-state index in [1.54, 1.807) is 0 Å². The van der Waals surface area contributed by atoms with Crippen molar-refractivity contribution in [2.45, 2.75) is 58.3 Å². The Balaban J connectivity index is 1.57. The molecule has 154 valence electrons. The van der Waals surface area contributed by atoms with Crippen LogP contribution >= 0.6 is 0 Å². The highest BCUT2D eigenvalue weighted by Gasteiger charge is 2.31. The average molecular weight is 390 g/mol. The average Bonchev–Trinajstić information content (AvgIpc) is 3.03. The van der Waals surface area contributed by atoms with Crippen LogP contribution in [-0.2, 0) is 14.3 Å². The number of carbonyl (C=O) groups excluding carboxylic acids is 2. The van der Waals surface area contributed by atoms with Crippen molar-refractivity contribution in [2.24, 2.45) is 0 Å². The zero-order valence-corrected chi connectivity index (χ0v) is 16.6. The van der Waals surface area contributed by atoms with Crippen molar-refractivity contribution < 1.29 is 28.9 Å². The number of benzene rings is 1. The zero-order chi connectivity index (χ0) is 20.2. The lowest BCUT2D eigenvalue weighted by Crippen LogP contribution is -2.06. The number of aliphatic hydroxyl groups excluding tert-OH is 1. The molecule has 1 fully saturated rings. The van der Waals surface area contributed by atoms with Crippen molar-refractivity contribution in [2.75, 3.05) is 19.8 Å². The Labute approximate surface area is 166 Å². The maximum Gasteiger partial charge on any atom is 0.345 e. The number of hydrogen-bond acceptors (Lipinski definition) is 6. The first kappa shape index (κ1) is 21.8. The van der Waals surface area contributed by atoms with Gasteiger partial charge in [0.15, 0.2) is 6.61 Å². The van der Waals surface area contributed by atoms with Gasteiger partial charge in [-0.25, -0.2) is 4.79 Å². The number of hydrogen-bond donors (Lipinski definition) is 1. The van der Waals surface area contributed by atoms with Crippen molar-refractivity contribution in [3.8, 4) is 11.5 Å². The standard InChI is InChI=1S/C22H30O6/c1-2-3-4-7-14-26-17-10-12-18(13-11-17)27-15-8-5-6-9-19(23)21-20(24)16-28-22(21)25/h10-13,23H,2-9,14-16H2,1H3. The lowest BCUT2D eigenvalue weighted by Gasteiger charge is -2.09. The molecule has 2 rings (SSSR count). The highest BCUT2D eigenvalue weighted by atomic mass is 16.5. The van der Waals surface area contributed by atoms with E-state index in [1.807, 2.05) is 24.3 Å². The molecule has 1 aromatic carbocycles. The molecule has 0 amide bonds. The van der Waals surface area contributed by atoms with E-state index in [2.05, 4.69) is 11.7 Å². The Morgan fingerprint density at radius 3 is 2.00 bits per heavy atom. The Kier molecular flexibility index (Phi) is 9.39. The number of allylic oxidation sites excluding steroid dienone is 1. The summed E-state index contributed by atoms with van der Waals surface area (Å²) in [6, 6.07) is 7.62. The van der Waals surface area contributed by atoms with Crippen molar-refractivity contribution in [3.05, 3.63) is 35.6 Å². The van der Waals surface area contributed by atoms with E-state index in [-0.39, 0.29) is 17.9 Å². The molecule has 0 spiro atoms. The molecule has 0 bridgehead atoms. The predicted octanol–water partition coefficient (Wildman–Crippen LogP) is 4.52. The maximum absolute atomic E-state index is 11.4. The summed E-state index contributed by atoms with van der Waals surface area (Å²) in [5.74, 6) is 0.312. The lowest BCUT2D eigenvalue weighted by atomic mass is 10.1. The van der Waals surface area contributed by atoms with Crippen molar-refractivity contribution in [3.63, 3.8) is 0 Å². The number of ketones is 1. The second-order valence-electron chi connectivity index (χ2n) is 6.86. The SMILES string of the molecule is CCCCCCOc1ccc(OCCCCCC(O)=C2C(=O)COC2=O)cc1. The number of ether oxygens (including phenoxy) is 3. The van der Waals surface area contributed by atoms with Crippen LogP contribution in [0.5, 0.6) is 11.5 Å². The first-order chi connectivity index (χ1) is 13.6. The highest BCUT2D eigenvalue weighted by Crippen LogP contribution is 2.20. The first-order valence-corrected chi connectivity index (χ1v) is 10.1. The number of carbonyl (C=O) groups is 2. The normalized spacial score (nSPS) is 15.5. The number of rotatable bonds is 13. The molecule has 0 saturated carbocycles. The van der Waals surface area contributed by atoms with E-state index in [9.17, 15) is 14.7 Å². The maximum atomic E-state index is 11.4. The van der Waals surface area contributed by atoms with E-state index in [0.717, 1.165) is 37.4 Å². The third kappa shape index (κ3) is 7.25. The monoisotopic (exact) mass is 390 g/mol. The molecule has 6 nitrogen and oxygen atoms in total. The van der Waals surface area contributed by atoms with Gasteiger partial charge in [-0.3, -0.25) is 4.79 Å². The fourth-order valence-corrected chi connectivity index (χ4v) is 2.91. The molecule has 0 aliphatic carbocycles. The van der Waals surface area contributed by atoms with Crippen LogP contribution in [0.2, 0.25) is 0 Å². The molecule has 6 heteroatoms. The van der Waals surface area contributed by atoms with Crippen LogP contribution in [0.4, 0.5) is 0 Å². The van der Waals surface area contributed by atoms with Crippen molar-refractivity contribution >= 4 is 11.8 Å². The number of cyclic esters (lactones) is 1. The third-order valence-corrected chi connectivity index (χ3v) is 4.52. The van der Waals surface area contributed by atoms with Crippen LogP contribution in [0, 0.1) is 0 Å². The van der Waals surface area contributed by atoms with Crippen molar-refractivity contribution in [1.82, 2.24) is 0 Å². The molecule has 0 aromatic heterocycles. The van der Waals surface area contributed by atoms with E-state index in [0.29, 0.717) is 19.4 Å². The first-order valence-electron chi connectivity index (χ1n) is 10.1. The summed E-state index contributed by atoms with van der Waals surface area (Å²) in [5.41, 5.74) is -0.191. The molecule has 1 aliphatic heterocycles. The van der Waals surface area contributed by atoms with Gasteiger partial charge in [0.05, 0.1) is 13.2 Å². The van der Waals surface area contributed by atoms with E-state index < -0.39 is 11.8 Å². The van der Waals surface area contributed by atoms with E-state index in [4.69, 9.17) is 9.47 Å². The Bertz CT molecular complexity index is 644. The van der Waals surface area contributed by atoms with Gasteiger partial charge in [0.1, 0.15) is 22.8 Å². The van der Waals surface area contributed by atoms with Gasteiger partial charge in [-0.1, -0.05) is 26.2 Å². The minimum absolute atomic E-state index is 0.168. The molecule has 0 radical (unpaired) electrons. The smallest absolute Gasteiger partial charge is 0.345 e. The molecular formula is C22H30O6. The van der Waals surface area contributed by atoms with Gasteiger partial charge in [0.25, 0.3) is 0 Å². The van der Waals surface area contributed by atoms with Gasteiger partial charge in [-0.15, -0.1) is 0 Å². The molecule has 0 atom stereocenters. The Morgan fingerprint density at radius 1 is 0.929 bits per heavy atom. The molecule has 28 heavy (non-hydrogen) atoms. The molecule has 1 aromatic rings. The van der Waals surface area contributed by atoms with Crippen LogP contribution in [-0.4, -0.2) is 36.7 Å². The van der Waals surface area contributed by atoms with Gasteiger partial charge >= 0.3 is 5.97 Å². The summed E-state index contributed by atoms with van der Waals surface area (Å²) >= 11 is 0. The lowest BCUT2D eigenvalue weighted by molar-refractivity contribution is -0.135. The second kappa shape index (κ2) is 12.1. The Hall–Kier alpha value is -2.50. The molecule has 0 unspecified atom stereocenters. The van der Waals surface area contributed by atoms with Gasteiger partial charge in [0.2, 0.25) is 5.78 Å². The zero-order valence-electron chi connectivity index (χ0n) is 16.6. The highest BCUT2D eigenvalue weighted by molar-refractivity contribution is 6.22. The molecule has 1 heterocycles. The minimum atomic E-state index is -0.723. The quantitative estimate of drug-likeness (QED) is 0.175. The van der Waals surface area contributed by atoms with Crippen molar-refractivity contribution in [1.29, 1.82) is 0 Å². The summed E-state index contributed by atoms with van der Waals surface area (Å²) in [6.07, 6.45) is 7.35. The molecule has 1 N–H and O–H groups in total. The van der Waals surface area contributed by atoms with E-state index in [1.165, 1.54) is 19.3 Å². The minimum Gasteiger partial charge on any atom is -0.511 e.